The van der Waals surface area contributed by atoms with E-state index in [0.29, 0.717) is 45.3 Å². The highest BCUT2D eigenvalue weighted by Gasteiger charge is 2.51. The Hall–Kier alpha value is -2.37. The number of carbonyl (C=O) groups is 3. The first-order valence-corrected chi connectivity index (χ1v) is 10.5. The lowest BCUT2D eigenvalue weighted by Gasteiger charge is -2.38. The van der Waals surface area contributed by atoms with Crippen molar-refractivity contribution in [2.24, 2.45) is 0 Å². The van der Waals surface area contributed by atoms with E-state index in [-0.39, 0.29) is 17.7 Å². The molecule has 3 amide bonds. The Bertz CT molecular complexity index is 783. The maximum Gasteiger partial charge on any atom is 0.237 e. The molecule has 6 heteroatoms. The van der Waals surface area contributed by atoms with Crippen LogP contribution in [0.5, 0.6) is 0 Å². The van der Waals surface area contributed by atoms with Crippen molar-refractivity contribution in [3.05, 3.63) is 29.8 Å². The van der Waals surface area contributed by atoms with E-state index in [4.69, 9.17) is 0 Å². The summed E-state index contributed by atoms with van der Waals surface area (Å²) in [5.74, 6) is 0.425. The molecule has 0 N–H and O–H groups in total. The molecule has 0 saturated carbocycles. The van der Waals surface area contributed by atoms with Crippen molar-refractivity contribution in [3.8, 4) is 0 Å². The van der Waals surface area contributed by atoms with Gasteiger partial charge in [-0.3, -0.25) is 14.4 Å². The molecule has 28 heavy (non-hydrogen) atoms. The van der Waals surface area contributed by atoms with Gasteiger partial charge in [0, 0.05) is 51.8 Å². The number of carbonyl (C=O) groups excluding carboxylic acids is 3. The predicted octanol–water partition coefficient (Wildman–Crippen LogP) is 2.32. The van der Waals surface area contributed by atoms with Gasteiger partial charge >= 0.3 is 0 Å². The van der Waals surface area contributed by atoms with Crippen LogP contribution >= 0.6 is 0 Å². The number of nitrogens with zero attached hydrogens (tertiary/aromatic N) is 3. The van der Waals surface area contributed by atoms with Gasteiger partial charge in [0.15, 0.2) is 0 Å². The van der Waals surface area contributed by atoms with E-state index < -0.39 is 5.41 Å². The van der Waals surface area contributed by atoms with Crippen LogP contribution in [-0.2, 0) is 19.8 Å². The van der Waals surface area contributed by atoms with E-state index in [9.17, 15) is 14.4 Å². The van der Waals surface area contributed by atoms with Gasteiger partial charge in [0.05, 0.1) is 5.41 Å². The summed E-state index contributed by atoms with van der Waals surface area (Å²) in [5.41, 5.74) is 1.61. The van der Waals surface area contributed by atoms with Gasteiger partial charge in [0.25, 0.3) is 0 Å². The van der Waals surface area contributed by atoms with Gasteiger partial charge in [-0.05, 0) is 37.3 Å². The lowest BCUT2D eigenvalue weighted by Crippen LogP contribution is -2.50. The largest absolute Gasteiger partial charge is 0.343 e. The van der Waals surface area contributed by atoms with E-state index in [1.165, 1.54) is 0 Å². The second kappa shape index (κ2) is 7.57. The lowest BCUT2D eigenvalue weighted by atomic mass is 9.73. The van der Waals surface area contributed by atoms with Crippen molar-refractivity contribution in [3.63, 3.8) is 0 Å². The van der Waals surface area contributed by atoms with Crippen LogP contribution in [0.2, 0.25) is 0 Å². The third-order valence-electron chi connectivity index (χ3n) is 6.73. The minimum absolute atomic E-state index is 0.0963. The van der Waals surface area contributed by atoms with Crippen molar-refractivity contribution in [1.82, 2.24) is 9.80 Å². The second-order valence-electron chi connectivity index (χ2n) is 8.29. The molecule has 2 saturated heterocycles. The van der Waals surface area contributed by atoms with E-state index in [1.54, 1.807) is 4.90 Å². The molecule has 3 aliphatic rings. The minimum Gasteiger partial charge on any atom is -0.343 e. The summed E-state index contributed by atoms with van der Waals surface area (Å²) in [6.45, 7) is 2.48. The first-order valence-electron chi connectivity index (χ1n) is 10.5. The molecule has 1 aromatic rings. The zero-order valence-electron chi connectivity index (χ0n) is 16.7. The Morgan fingerprint density at radius 2 is 1.79 bits per heavy atom. The number of fused-ring (bicyclic) bond motifs is 2. The summed E-state index contributed by atoms with van der Waals surface area (Å²) in [6, 6.07) is 8.00. The van der Waals surface area contributed by atoms with Crippen LogP contribution in [0.4, 0.5) is 5.69 Å². The Balaban J connectivity index is 1.37. The first-order chi connectivity index (χ1) is 13.5. The normalized spacial score (nSPS) is 21.8. The highest BCUT2D eigenvalue weighted by atomic mass is 16.2. The van der Waals surface area contributed by atoms with Gasteiger partial charge < -0.3 is 14.7 Å². The third kappa shape index (κ3) is 3.19. The Morgan fingerprint density at radius 1 is 1.04 bits per heavy atom. The number of benzene rings is 1. The highest BCUT2D eigenvalue weighted by molar-refractivity contribution is 6.07. The molecular formula is C22H29N3O3. The summed E-state index contributed by atoms with van der Waals surface area (Å²) in [7, 11) is 1.84. The second-order valence-corrected chi connectivity index (χ2v) is 8.29. The fourth-order valence-corrected chi connectivity index (χ4v) is 5.00. The van der Waals surface area contributed by atoms with Crippen LogP contribution in [0.3, 0.4) is 0 Å². The SMILES string of the molecule is CN1C(=O)C2(CCN(C(=O)CCN3CCCCCC3=O)CC2)c2ccccc21. The monoisotopic (exact) mass is 383 g/mol. The summed E-state index contributed by atoms with van der Waals surface area (Å²) < 4.78 is 0. The van der Waals surface area contributed by atoms with Crippen LogP contribution < -0.4 is 4.90 Å². The topological polar surface area (TPSA) is 60.9 Å². The van der Waals surface area contributed by atoms with Crippen LogP contribution in [0.1, 0.15) is 50.5 Å². The molecule has 6 nitrogen and oxygen atoms in total. The quantitative estimate of drug-likeness (QED) is 0.805. The van der Waals surface area contributed by atoms with E-state index >= 15 is 0 Å². The number of hydrogen-bond acceptors (Lipinski definition) is 3. The van der Waals surface area contributed by atoms with E-state index in [2.05, 4.69) is 6.07 Å². The Morgan fingerprint density at radius 3 is 2.57 bits per heavy atom. The van der Waals surface area contributed by atoms with Crippen LogP contribution in [0.25, 0.3) is 0 Å². The van der Waals surface area contributed by atoms with Crippen LogP contribution in [-0.4, -0.2) is 60.7 Å². The molecule has 0 aromatic heterocycles. The molecule has 2 fully saturated rings. The molecule has 0 bridgehead atoms. The number of hydrogen-bond donors (Lipinski definition) is 0. The lowest BCUT2D eigenvalue weighted by molar-refractivity contribution is -0.137. The smallest absolute Gasteiger partial charge is 0.237 e. The number of rotatable bonds is 3. The maximum absolute atomic E-state index is 13.0. The van der Waals surface area contributed by atoms with E-state index in [0.717, 1.165) is 37.1 Å². The Labute approximate surface area is 166 Å². The van der Waals surface area contributed by atoms with Gasteiger partial charge in [-0.25, -0.2) is 0 Å². The average molecular weight is 383 g/mol. The van der Waals surface area contributed by atoms with Crippen molar-refractivity contribution in [2.75, 3.05) is 38.1 Å². The zero-order valence-corrected chi connectivity index (χ0v) is 16.7. The molecular weight excluding hydrogens is 354 g/mol. The van der Waals surface area contributed by atoms with Crippen molar-refractivity contribution in [1.29, 1.82) is 0 Å². The van der Waals surface area contributed by atoms with Crippen molar-refractivity contribution < 1.29 is 14.4 Å². The number of likely N-dealkylation sites (N-methyl/N-ethyl adjacent to an activating group) is 1. The molecule has 4 rings (SSSR count). The summed E-state index contributed by atoms with van der Waals surface area (Å²) >= 11 is 0. The summed E-state index contributed by atoms with van der Waals surface area (Å²) in [4.78, 5) is 43.3. The van der Waals surface area contributed by atoms with Gasteiger partial charge in [-0.15, -0.1) is 0 Å². The Kier molecular flexibility index (Phi) is 5.13. The maximum atomic E-state index is 13.0. The molecule has 1 aromatic carbocycles. The molecule has 0 unspecified atom stereocenters. The summed E-state index contributed by atoms with van der Waals surface area (Å²) in [6.07, 6.45) is 5.40. The molecule has 1 spiro atoms. The molecule has 0 atom stereocenters. The number of likely N-dealkylation sites (tertiary alicyclic amines) is 2. The third-order valence-corrected chi connectivity index (χ3v) is 6.73. The van der Waals surface area contributed by atoms with Gasteiger partial charge in [0.2, 0.25) is 17.7 Å². The van der Waals surface area contributed by atoms with Crippen molar-refractivity contribution >= 4 is 23.4 Å². The minimum atomic E-state index is -0.483. The number of piperidine rings is 1. The number of amides is 3. The first kappa shape index (κ1) is 19.0. The van der Waals surface area contributed by atoms with E-state index in [1.807, 2.05) is 35.0 Å². The number of anilines is 1. The van der Waals surface area contributed by atoms with Gasteiger partial charge in [0.1, 0.15) is 0 Å². The molecule has 0 aliphatic carbocycles. The van der Waals surface area contributed by atoms with Crippen molar-refractivity contribution in [2.45, 2.75) is 50.4 Å². The van der Waals surface area contributed by atoms with Crippen LogP contribution in [0, 0.1) is 0 Å². The molecule has 3 heterocycles. The fraction of sp³-hybridized carbons (Fsp3) is 0.591. The highest BCUT2D eigenvalue weighted by Crippen LogP contribution is 2.47. The molecule has 0 radical (unpaired) electrons. The van der Waals surface area contributed by atoms with Gasteiger partial charge in [-0.1, -0.05) is 24.6 Å². The zero-order chi connectivity index (χ0) is 19.7. The molecule has 150 valence electrons. The van der Waals surface area contributed by atoms with Crippen LogP contribution in [0.15, 0.2) is 24.3 Å². The van der Waals surface area contributed by atoms with Gasteiger partial charge in [-0.2, -0.15) is 0 Å². The fourth-order valence-electron chi connectivity index (χ4n) is 5.00. The molecule has 3 aliphatic heterocycles. The average Bonchev–Trinajstić information content (AvgIpc) is 2.86. The summed E-state index contributed by atoms with van der Waals surface area (Å²) in [5, 5.41) is 0. The standard InChI is InChI=1S/C22H29N3O3/c1-23-18-8-5-4-7-17(18)22(21(23)28)11-15-25(16-12-22)20(27)10-14-24-13-6-2-3-9-19(24)26/h4-5,7-8H,2-3,6,9-16H2,1H3. The predicted molar refractivity (Wildman–Crippen MR) is 107 cm³/mol. The number of para-hydroxylation sites is 1.